The fourth-order valence-corrected chi connectivity index (χ4v) is 4.63. The van der Waals surface area contributed by atoms with E-state index in [9.17, 15) is 23.6 Å². The zero-order valence-corrected chi connectivity index (χ0v) is 21.7. The number of carbonyl (C=O) groups excluding carboxylic acids is 1. The van der Waals surface area contributed by atoms with Crippen molar-refractivity contribution in [3.63, 3.8) is 0 Å². The molecule has 9 nitrogen and oxygen atoms in total. The molecule has 0 spiro atoms. The monoisotopic (exact) mass is 621 g/mol. The van der Waals surface area contributed by atoms with Crippen LogP contribution in [-0.2, 0) is 11.8 Å². The highest BCUT2D eigenvalue weighted by atomic mass is 127. The second-order valence-corrected chi connectivity index (χ2v) is 9.79. The fourth-order valence-electron chi connectivity index (χ4n) is 4.17. The van der Waals surface area contributed by atoms with Crippen molar-refractivity contribution in [1.82, 2.24) is 13.7 Å². The molecule has 5 rings (SSSR count). The molecule has 11 heteroatoms. The van der Waals surface area contributed by atoms with E-state index in [0.29, 0.717) is 16.4 Å². The number of hydrogen-bond acceptors (Lipinski definition) is 5. The van der Waals surface area contributed by atoms with Gasteiger partial charge in [0.05, 0.1) is 22.4 Å². The van der Waals surface area contributed by atoms with Crippen LogP contribution in [0.5, 0.6) is 0 Å². The van der Waals surface area contributed by atoms with Crippen LogP contribution in [0.15, 0.2) is 56.8 Å². The number of aryl methyl sites for hydroxylation is 1. The molecule has 1 amide bonds. The number of nitrogens with zero attached hydrogens (tertiary/aromatic N) is 3. The van der Waals surface area contributed by atoms with Crippen molar-refractivity contribution in [2.24, 2.45) is 7.05 Å². The highest BCUT2D eigenvalue weighted by Crippen LogP contribution is 2.34. The van der Waals surface area contributed by atoms with E-state index in [1.54, 1.807) is 6.07 Å². The van der Waals surface area contributed by atoms with Gasteiger partial charge in [0.15, 0.2) is 0 Å². The van der Waals surface area contributed by atoms with Crippen LogP contribution in [0.2, 0.25) is 0 Å². The second kappa shape index (κ2) is 9.29. The summed E-state index contributed by atoms with van der Waals surface area (Å²) in [6.07, 6.45) is 0.929. The third-order valence-corrected chi connectivity index (χ3v) is 6.69. The molecule has 1 fully saturated rings. The lowest BCUT2D eigenvalue weighted by molar-refractivity contribution is -0.114. The standard InChI is InChI=1S/C26H23FIN5O4/c1-13-22-21(23(31(3)24(13)35)30-20-10-7-15(28)11-19(20)27)25(36)33(17-8-9-17)26(37)32(22)18-6-4-5-16(12-18)29-14(2)34/h4-7,10-12,17,30H,8-9H2,1-3H3,(H,29,34)/i2D2,4D,5D,6D,12D. The Kier molecular flexibility index (Phi) is 4.64. The quantitative estimate of drug-likeness (QED) is 0.329. The largest absolute Gasteiger partial charge is 0.338 e. The Hall–Kier alpha value is -3.74. The van der Waals surface area contributed by atoms with Gasteiger partial charge in [-0.15, -0.1) is 0 Å². The fraction of sp³-hybridized carbons (Fsp3) is 0.231. The number of nitrogens with one attached hydrogen (secondary N) is 2. The van der Waals surface area contributed by atoms with Gasteiger partial charge in [0.1, 0.15) is 17.0 Å². The van der Waals surface area contributed by atoms with Crippen molar-refractivity contribution >= 4 is 56.6 Å². The summed E-state index contributed by atoms with van der Waals surface area (Å²) in [6, 6.07) is 0.600. The summed E-state index contributed by atoms with van der Waals surface area (Å²) < 4.78 is 67.0. The first-order chi connectivity index (χ1) is 20.2. The van der Waals surface area contributed by atoms with Gasteiger partial charge < -0.3 is 10.6 Å². The van der Waals surface area contributed by atoms with E-state index in [0.717, 1.165) is 13.7 Å². The minimum atomic E-state index is -2.05. The predicted molar refractivity (Wildman–Crippen MR) is 149 cm³/mol. The number of fused-ring (bicyclic) bond motifs is 1. The number of hydrogen-bond donors (Lipinski definition) is 2. The summed E-state index contributed by atoms with van der Waals surface area (Å²) in [7, 11) is 1.35. The van der Waals surface area contributed by atoms with Crippen molar-refractivity contribution in [2.75, 3.05) is 10.6 Å². The highest BCUT2D eigenvalue weighted by molar-refractivity contribution is 14.1. The van der Waals surface area contributed by atoms with Crippen LogP contribution >= 0.6 is 22.6 Å². The number of pyridine rings is 1. The molecule has 2 heterocycles. The molecule has 1 saturated carbocycles. The van der Waals surface area contributed by atoms with Gasteiger partial charge in [-0.25, -0.2) is 9.18 Å². The molecular formula is C26H23FIN5O4. The number of amides is 1. The number of aromatic nitrogens is 3. The molecule has 37 heavy (non-hydrogen) atoms. The van der Waals surface area contributed by atoms with Gasteiger partial charge in [-0.3, -0.25) is 28.1 Å². The Morgan fingerprint density at radius 1 is 1.22 bits per heavy atom. The zero-order chi connectivity index (χ0) is 31.7. The van der Waals surface area contributed by atoms with E-state index in [1.807, 2.05) is 22.6 Å². The summed E-state index contributed by atoms with van der Waals surface area (Å²) in [5, 5.41) is 4.65. The number of halogens is 2. The van der Waals surface area contributed by atoms with E-state index in [-0.39, 0.29) is 28.0 Å². The Balaban J connectivity index is 1.97. The molecule has 190 valence electrons. The maximum absolute atomic E-state index is 14.9. The summed E-state index contributed by atoms with van der Waals surface area (Å²) >= 11 is 1.92. The van der Waals surface area contributed by atoms with Crippen molar-refractivity contribution in [3.8, 4) is 5.69 Å². The number of rotatable bonds is 5. The van der Waals surface area contributed by atoms with Crippen molar-refractivity contribution in [1.29, 1.82) is 0 Å². The molecule has 0 aliphatic heterocycles. The van der Waals surface area contributed by atoms with Crippen LogP contribution < -0.4 is 27.4 Å². The van der Waals surface area contributed by atoms with Crippen LogP contribution in [0, 0.1) is 16.3 Å². The number of benzene rings is 2. The SMILES string of the molecule is [2H]c1c([2H])c(NC(=O)C([2H])[2H])c([2H])c(-n2c(=O)n(C3CC3)c(=O)c3c(Nc4ccc(I)cc4F)n(C)c(=O)c(C)c32)c1[2H]. The summed E-state index contributed by atoms with van der Waals surface area (Å²) in [6.45, 7) is -0.717. The maximum atomic E-state index is 14.9. The van der Waals surface area contributed by atoms with Gasteiger partial charge in [-0.1, -0.05) is 6.04 Å². The molecule has 2 aromatic heterocycles. The molecule has 2 N–H and O–H groups in total. The predicted octanol–water partition coefficient (Wildman–Crippen LogP) is 3.94. The molecule has 2 aromatic carbocycles. The zero-order valence-electron chi connectivity index (χ0n) is 25.5. The maximum Gasteiger partial charge on any atom is 0.336 e. The molecule has 0 atom stereocenters. The van der Waals surface area contributed by atoms with Crippen molar-refractivity contribution in [3.05, 3.63) is 88.5 Å². The Morgan fingerprint density at radius 3 is 2.65 bits per heavy atom. The molecule has 0 saturated heterocycles. The summed E-state index contributed by atoms with van der Waals surface area (Å²) in [4.78, 5) is 53.7. The lowest BCUT2D eigenvalue weighted by Crippen LogP contribution is -2.41. The molecule has 4 aromatic rings. The molecule has 1 aliphatic rings. The lowest BCUT2D eigenvalue weighted by Gasteiger charge is -2.21. The first kappa shape index (κ1) is 18.5. The van der Waals surface area contributed by atoms with E-state index >= 15 is 0 Å². The van der Waals surface area contributed by atoms with E-state index in [4.69, 9.17) is 8.22 Å². The third-order valence-electron chi connectivity index (χ3n) is 6.02. The van der Waals surface area contributed by atoms with Crippen LogP contribution in [0.1, 0.15) is 39.5 Å². The van der Waals surface area contributed by atoms with Gasteiger partial charge in [0, 0.05) is 37.5 Å². The minimum Gasteiger partial charge on any atom is -0.338 e. The molecular weight excluding hydrogens is 592 g/mol. The average Bonchev–Trinajstić information content (AvgIpc) is 3.78. The normalized spacial score (nSPS) is 15.5. The van der Waals surface area contributed by atoms with Crippen molar-refractivity contribution < 1.29 is 17.4 Å². The van der Waals surface area contributed by atoms with E-state index in [2.05, 4.69) is 10.6 Å². The van der Waals surface area contributed by atoms with Crippen LogP contribution in [0.3, 0.4) is 0 Å². The van der Waals surface area contributed by atoms with E-state index in [1.165, 1.54) is 26.1 Å². The lowest BCUT2D eigenvalue weighted by atomic mass is 10.1. The minimum absolute atomic E-state index is 0.0737. The number of carbonyl (C=O) groups is 1. The number of anilines is 3. The smallest absolute Gasteiger partial charge is 0.336 e. The van der Waals surface area contributed by atoms with E-state index < -0.39 is 77.0 Å². The van der Waals surface area contributed by atoms with Crippen molar-refractivity contribution in [2.45, 2.75) is 32.7 Å². The Morgan fingerprint density at radius 2 is 1.97 bits per heavy atom. The van der Waals surface area contributed by atoms with Gasteiger partial charge in [0.2, 0.25) is 5.91 Å². The Bertz CT molecular complexity index is 2060. The topological polar surface area (TPSA) is 107 Å². The van der Waals surface area contributed by atoms with Gasteiger partial charge in [-0.05, 0) is 78.7 Å². The molecule has 0 unspecified atom stereocenters. The first-order valence-electron chi connectivity index (χ1n) is 14.2. The average molecular weight is 621 g/mol. The molecule has 0 bridgehead atoms. The van der Waals surface area contributed by atoms with Gasteiger partial charge >= 0.3 is 5.69 Å². The first-order valence-corrected chi connectivity index (χ1v) is 12.1. The van der Waals surface area contributed by atoms with Gasteiger partial charge in [-0.2, -0.15) is 0 Å². The van der Waals surface area contributed by atoms with Crippen LogP contribution in [-0.4, -0.2) is 19.6 Å². The summed E-state index contributed by atoms with van der Waals surface area (Å²) in [5.41, 5.74) is -4.25. The third kappa shape index (κ3) is 4.37. The molecule has 0 radical (unpaired) electrons. The van der Waals surface area contributed by atoms with Crippen LogP contribution in [0.4, 0.5) is 21.6 Å². The van der Waals surface area contributed by atoms with Crippen LogP contribution in [0.25, 0.3) is 16.6 Å². The molecule has 1 aliphatic carbocycles. The van der Waals surface area contributed by atoms with Gasteiger partial charge in [0.25, 0.3) is 11.1 Å². The Labute approximate surface area is 232 Å². The highest BCUT2D eigenvalue weighted by Gasteiger charge is 2.31. The summed E-state index contributed by atoms with van der Waals surface area (Å²) in [5.74, 6) is -2.07. The second-order valence-electron chi connectivity index (χ2n) is 8.55.